The van der Waals surface area contributed by atoms with E-state index in [1.54, 1.807) is 0 Å². The van der Waals surface area contributed by atoms with Crippen LogP contribution < -0.4 is 40.0 Å². The largest absolute Gasteiger partial charge is 1.00 e. The molecule has 96 valence electrons. The van der Waals surface area contributed by atoms with Crippen LogP contribution in [-0.2, 0) is 0 Å². The summed E-state index contributed by atoms with van der Waals surface area (Å²) in [6, 6.07) is 0. The summed E-state index contributed by atoms with van der Waals surface area (Å²) in [5.74, 6) is 0. The summed E-state index contributed by atoms with van der Waals surface area (Å²) in [5, 5.41) is 12.3. The van der Waals surface area contributed by atoms with Crippen LogP contribution in [0.25, 0.3) is 0 Å². The molecule has 4 heteroatoms. The molecular weight excluding hydrogens is 225 g/mol. The van der Waals surface area contributed by atoms with Crippen molar-refractivity contribution in [1.82, 2.24) is 5.32 Å². The SMILES string of the molecule is CCCCCCCCCCCCNC(=O)[O-].[Na+]. The van der Waals surface area contributed by atoms with E-state index in [0.29, 0.717) is 6.54 Å². The third-order valence-corrected chi connectivity index (χ3v) is 2.80. The van der Waals surface area contributed by atoms with Gasteiger partial charge >= 0.3 is 29.6 Å². The zero-order chi connectivity index (χ0) is 12.1. The van der Waals surface area contributed by atoms with Crippen LogP contribution in [0.5, 0.6) is 0 Å². The van der Waals surface area contributed by atoms with Crippen LogP contribution in [0, 0.1) is 0 Å². The standard InChI is InChI=1S/C13H27NO2.Na/c1-2-3-4-5-6-7-8-9-10-11-12-14-13(15)16;/h14H,2-12H2,1H3,(H,15,16);/q;+1/p-1. The second kappa shape index (κ2) is 16.3. The average molecular weight is 251 g/mol. The van der Waals surface area contributed by atoms with Gasteiger partial charge in [-0.25, -0.2) is 0 Å². The number of hydrogen-bond acceptors (Lipinski definition) is 2. The van der Waals surface area contributed by atoms with E-state index in [9.17, 15) is 9.90 Å². The van der Waals surface area contributed by atoms with Crippen LogP contribution in [0.2, 0.25) is 0 Å². The summed E-state index contributed by atoms with van der Waals surface area (Å²) in [5.41, 5.74) is 0. The summed E-state index contributed by atoms with van der Waals surface area (Å²) in [6.45, 7) is 2.78. The molecule has 0 aliphatic rings. The molecule has 0 fully saturated rings. The molecule has 0 aromatic carbocycles. The van der Waals surface area contributed by atoms with Crippen LogP contribution in [0.15, 0.2) is 0 Å². The molecule has 0 rings (SSSR count). The summed E-state index contributed by atoms with van der Waals surface area (Å²) < 4.78 is 0. The molecule has 0 aliphatic carbocycles. The Hall–Kier alpha value is 0.270. The van der Waals surface area contributed by atoms with Gasteiger partial charge < -0.3 is 15.2 Å². The molecule has 1 N–H and O–H groups in total. The predicted molar refractivity (Wildman–Crippen MR) is 65.2 cm³/mol. The van der Waals surface area contributed by atoms with E-state index in [2.05, 4.69) is 12.2 Å². The number of hydrogen-bond donors (Lipinski definition) is 1. The van der Waals surface area contributed by atoms with Crippen LogP contribution in [0.1, 0.15) is 71.1 Å². The summed E-state index contributed by atoms with van der Waals surface area (Å²) in [6.07, 6.45) is 11.5. The fraction of sp³-hybridized carbons (Fsp3) is 0.923. The normalized spacial score (nSPS) is 9.71. The molecule has 0 aromatic heterocycles. The van der Waals surface area contributed by atoms with Gasteiger partial charge in [-0.3, -0.25) is 0 Å². The molecule has 0 bridgehead atoms. The van der Waals surface area contributed by atoms with Gasteiger partial charge in [-0.1, -0.05) is 64.7 Å². The number of carbonyl (C=O) groups excluding carboxylic acids is 1. The first-order valence-corrected chi connectivity index (χ1v) is 6.72. The van der Waals surface area contributed by atoms with E-state index in [1.165, 1.54) is 51.4 Å². The smallest absolute Gasteiger partial charge is 0.530 e. The van der Waals surface area contributed by atoms with Crippen molar-refractivity contribution in [3.63, 3.8) is 0 Å². The molecule has 0 saturated heterocycles. The van der Waals surface area contributed by atoms with Gasteiger partial charge in [0.2, 0.25) is 0 Å². The maximum Gasteiger partial charge on any atom is 1.00 e. The van der Waals surface area contributed by atoms with Crippen LogP contribution in [-0.4, -0.2) is 12.6 Å². The minimum absolute atomic E-state index is 0. The van der Waals surface area contributed by atoms with Gasteiger partial charge in [-0.15, -0.1) is 0 Å². The van der Waals surface area contributed by atoms with Crippen molar-refractivity contribution in [3.8, 4) is 0 Å². The van der Waals surface area contributed by atoms with Crippen molar-refractivity contribution in [2.24, 2.45) is 0 Å². The van der Waals surface area contributed by atoms with Gasteiger partial charge in [0.05, 0.1) is 0 Å². The third-order valence-electron chi connectivity index (χ3n) is 2.80. The molecule has 17 heavy (non-hydrogen) atoms. The van der Waals surface area contributed by atoms with Crippen molar-refractivity contribution in [1.29, 1.82) is 0 Å². The molecule has 0 spiro atoms. The van der Waals surface area contributed by atoms with Gasteiger partial charge in [-0.2, -0.15) is 0 Å². The maximum atomic E-state index is 10.0. The molecule has 0 aromatic rings. The monoisotopic (exact) mass is 251 g/mol. The van der Waals surface area contributed by atoms with E-state index in [1.807, 2.05) is 0 Å². The van der Waals surface area contributed by atoms with Crippen molar-refractivity contribution < 1.29 is 39.5 Å². The van der Waals surface area contributed by atoms with Crippen molar-refractivity contribution in [2.45, 2.75) is 71.1 Å². The average Bonchev–Trinajstić information content (AvgIpc) is 2.25. The van der Waals surface area contributed by atoms with Crippen LogP contribution >= 0.6 is 0 Å². The Morgan fingerprint density at radius 3 is 1.71 bits per heavy atom. The molecule has 0 atom stereocenters. The number of rotatable bonds is 11. The second-order valence-electron chi connectivity index (χ2n) is 4.40. The van der Waals surface area contributed by atoms with Crippen molar-refractivity contribution in [3.05, 3.63) is 0 Å². The van der Waals surface area contributed by atoms with Gasteiger partial charge in [-0.05, 0) is 6.42 Å². The number of carboxylic acid groups (broad SMARTS) is 1. The summed E-state index contributed by atoms with van der Waals surface area (Å²) in [7, 11) is 0. The Morgan fingerprint density at radius 1 is 0.882 bits per heavy atom. The Kier molecular flexibility index (Phi) is 18.8. The fourth-order valence-corrected chi connectivity index (χ4v) is 1.80. The topological polar surface area (TPSA) is 52.2 Å². The second-order valence-corrected chi connectivity index (χ2v) is 4.40. The Morgan fingerprint density at radius 2 is 1.29 bits per heavy atom. The molecule has 1 amide bonds. The van der Waals surface area contributed by atoms with Gasteiger partial charge in [0.1, 0.15) is 6.09 Å². The zero-order valence-electron chi connectivity index (χ0n) is 11.6. The first-order chi connectivity index (χ1) is 7.77. The number of unbranched alkanes of at least 4 members (excludes halogenated alkanes) is 9. The summed E-state index contributed by atoms with van der Waals surface area (Å²) in [4.78, 5) is 10.0. The fourth-order valence-electron chi connectivity index (χ4n) is 1.80. The minimum atomic E-state index is -1.16. The van der Waals surface area contributed by atoms with Gasteiger partial charge in [0, 0.05) is 6.54 Å². The van der Waals surface area contributed by atoms with E-state index in [4.69, 9.17) is 0 Å². The van der Waals surface area contributed by atoms with Crippen LogP contribution in [0.4, 0.5) is 4.79 Å². The molecule has 0 unspecified atom stereocenters. The minimum Gasteiger partial charge on any atom is -0.530 e. The quantitative estimate of drug-likeness (QED) is 0.410. The number of amides is 1. The Balaban J connectivity index is 0. The zero-order valence-corrected chi connectivity index (χ0v) is 13.6. The van der Waals surface area contributed by atoms with Gasteiger partial charge in [0.25, 0.3) is 0 Å². The molecule has 0 saturated carbocycles. The Labute approximate surface area is 128 Å². The van der Waals surface area contributed by atoms with Crippen molar-refractivity contribution >= 4 is 6.09 Å². The van der Waals surface area contributed by atoms with E-state index in [0.717, 1.165) is 12.8 Å². The maximum absolute atomic E-state index is 10.0. The molecule has 0 aliphatic heterocycles. The molecule has 3 nitrogen and oxygen atoms in total. The van der Waals surface area contributed by atoms with Crippen molar-refractivity contribution in [2.75, 3.05) is 6.54 Å². The van der Waals surface area contributed by atoms with Gasteiger partial charge in [0.15, 0.2) is 0 Å². The predicted octanol–water partition coefficient (Wildman–Crippen LogP) is -0.156. The molecule has 0 radical (unpaired) electrons. The van der Waals surface area contributed by atoms with Crippen LogP contribution in [0.3, 0.4) is 0 Å². The number of nitrogens with one attached hydrogen (secondary N) is 1. The summed E-state index contributed by atoms with van der Waals surface area (Å²) >= 11 is 0. The molecular formula is C13H26NNaO2. The number of carbonyl (C=O) groups is 1. The van der Waals surface area contributed by atoms with E-state index in [-0.39, 0.29) is 29.6 Å². The first kappa shape index (κ1) is 19.6. The third kappa shape index (κ3) is 18.8. The Bertz CT molecular complexity index is 165. The first-order valence-electron chi connectivity index (χ1n) is 6.72. The van der Waals surface area contributed by atoms with E-state index < -0.39 is 6.09 Å². The van der Waals surface area contributed by atoms with E-state index >= 15 is 0 Å². The molecule has 0 heterocycles.